The van der Waals surface area contributed by atoms with Crippen LogP contribution in [0.15, 0.2) is 42.5 Å². The van der Waals surface area contributed by atoms with Crippen LogP contribution in [0, 0.1) is 6.92 Å². The maximum Gasteiger partial charge on any atom is 0.351 e. The Labute approximate surface area is 245 Å². The van der Waals surface area contributed by atoms with Crippen LogP contribution in [0.25, 0.3) is 0 Å². The molecule has 0 saturated carbocycles. The minimum absolute atomic E-state index is 0.416. The first-order valence-corrected chi connectivity index (χ1v) is 14.9. The quantitative estimate of drug-likeness (QED) is 0.130. The molecule has 0 saturated heterocycles. The van der Waals surface area contributed by atoms with E-state index >= 15 is 0 Å². The van der Waals surface area contributed by atoms with Gasteiger partial charge in [0.2, 0.25) is 12.0 Å². The molecule has 1 aromatic heterocycles. The van der Waals surface area contributed by atoms with Gasteiger partial charge in [0.15, 0.2) is 0 Å². The van der Waals surface area contributed by atoms with Gasteiger partial charge in [0, 0.05) is 24.7 Å². The molecule has 0 bridgehead atoms. The van der Waals surface area contributed by atoms with Crippen molar-refractivity contribution in [2.24, 2.45) is 0 Å². The van der Waals surface area contributed by atoms with E-state index in [-0.39, 0.29) is 0 Å². The van der Waals surface area contributed by atoms with Crippen LogP contribution < -0.4 is 9.47 Å². The van der Waals surface area contributed by atoms with Gasteiger partial charge in [0.25, 0.3) is 0 Å². The Hall–Kier alpha value is -3.45. The maximum absolute atomic E-state index is 12.9. The standard InChI is InChI=1S/C34H46N2O5/c1-7-10-18-30-29(33(36-24(4)35-30)40-20-19-38-5)23-25-21-27(14-8-2)31(28(22-25)15-9-3)41-32(34(37)39-6)26-16-12-11-13-17-26/h11-13,16-17,21-22,32H,7-10,14-15,18-20,23H2,1-6H3. The molecule has 1 heterocycles. The minimum Gasteiger partial charge on any atom is -0.475 e. The molecule has 0 spiro atoms. The molecule has 7 heteroatoms. The molecule has 0 N–H and O–H groups in total. The fourth-order valence-corrected chi connectivity index (χ4v) is 4.99. The Bertz CT molecular complexity index is 1220. The van der Waals surface area contributed by atoms with Crippen molar-refractivity contribution in [2.45, 2.75) is 85.2 Å². The second-order valence-electron chi connectivity index (χ2n) is 10.3. The fourth-order valence-electron chi connectivity index (χ4n) is 4.99. The first-order valence-electron chi connectivity index (χ1n) is 14.9. The minimum atomic E-state index is -0.842. The van der Waals surface area contributed by atoms with E-state index in [0.29, 0.717) is 31.3 Å². The first-order chi connectivity index (χ1) is 19.9. The number of unbranched alkanes of at least 4 members (excludes halogenated alkanes) is 1. The predicted octanol–water partition coefficient (Wildman–Crippen LogP) is 6.94. The van der Waals surface area contributed by atoms with Gasteiger partial charge in [-0.1, -0.05) is 82.5 Å². The first kappa shape index (κ1) is 32.1. The van der Waals surface area contributed by atoms with Crippen LogP contribution >= 0.6 is 0 Å². The number of esters is 1. The number of carbonyl (C=O) groups excluding carboxylic acids is 1. The van der Waals surface area contributed by atoms with E-state index in [1.54, 1.807) is 7.11 Å². The SMILES string of the molecule is CCCCc1nc(C)nc(OCCOC)c1Cc1cc(CCC)c(OC(C(=O)OC)c2ccccc2)c(CCC)c1. The van der Waals surface area contributed by atoms with Gasteiger partial charge in [-0.15, -0.1) is 0 Å². The van der Waals surface area contributed by atoms with Crippen molar-refractivity contribution in [2.75, 3.05) is 27.4 Å². The highest BCUT2D eigenvalue weighted by molar-refractivity contribution is 5.77. The molecule has 0 aliphatic rings. The molecule has 0 aliphatic heterocycles. The summed E-state index contributed by atoms with van der Waals surface area (Å²) in [5.41, 5.74) is 6.15. The molecular weight excluding hydrogens is 516 g/mol. The van der Waals surface area contributed by atoms with Crippen LogP contribution in [0.5, 0.6) is 11.6 Å². The van der Waals surface area contributed by atoms with Crippen molar-refractivity contribution in [1.29, 1.82) is 0 Å². The number of nitrogens with zero attached hydrogens (tertiary/aromatic N) is 2. The molecule has 3 rings (SSSR count). The van der Waals surface area contributed by atoms with E-state index in [2.05, 4.69) is 37.9 Å². The van der Waals surface area contributed by atoms with E-state index in [1.165, 1.54) is 7.11 Å². The van der Waals surface area contributed by atoms with Crippen LogP contribution in [0.4, 0.5) is 0 Å². The second kappa shape index (κ2) is 16.7. The number of carbonyl (C=O) groups is 1. The molecule has 0 fully saturated rings. The molecule has 0 amide bonds. The Balaban J connectivity index is 2.09. The third kappa shape index (κ3) is 9.02. The monoisotopic (exact) mass is 562 g/mol. The number of ether oxygens (including phenoxy) is 4. The number of aryl methyl sites for hydroxylation is 4. The van der Waals surface area contributed by atoms with Crippen LogP contribution in [0.3, 0.4) is 0 Å². The number of hydrogen-bond donors (Lipinski definition) is 0. The molecule has 0 aliphatic carbocycles. The molecule has 1 unspecified atom stereocenters. The lowest BCUT2D eigenvalue weighted by atomic mass is 9.93. The summed E-state index contributed by atoms with van der Waals surface area (Å²) < 4.78 is 23.1. The molecule has 3 aromatic rings. The third-order valence-corrected chi connectivity index (χ3v) is 6.94. The normalized spacial score (nSPS) is 11.8. The summed E-state index contributed by atoms with van der Waals surface area (Å²) in [7, 11) is 3.07. The number of benzene rings is 2. The van der Waals surface area contributed by atoms with Gasteiger partial charge in [-0.2, -0.15) is 4.98 Å². The number of aromatic nitrogens is 2. The molecule has 1 atom stereocenters. The van der Waals surface area contributed by atoms with Crippen molar-refractivity contribution in [3.8, 4) is 11.6 Å². The molecule has 222 valence electrons. The topological polar surface area (TPSA) is 79.8 Å². The highest BCUT2D eigenvalue weighted by Crippen LogP contribution is 2.35. The number of rotatable bonds is 17. The molecule has 41 heavy (non-hydrogen) atoms. The van der Waals surface area contributed by atoms with Crippen LogP contribution in [-0.2, 0) is 40.0 Å². The molecule has 7 nitrogen and oxygen atoms in total. The summed E-state index contributed by atoms with van der Waals surface area (Å²) in [4.78, 5) is 22.4. The van der Waals surface area contributed by atoms with Crippen molar-refractivity contribution >= 4 is 5.97 Å². The third-order valence-electron chi connectivity index (χ3n) is 6.94. The highest BCUT2D eigenvalue weighted by Gasteiger charge is 2.26. The number of hydrogen-bond acceptors (Lipinski definition) is 7. The Morgan fingerprint density at radius 3 is 2.15 bits per heavy atom. The molecule has 2 aromatic carbocycles. The fraction of sp³-hybridized carbons (Fsp3) is 0.500. The van der Waals surface area contributed by atoms with Crippen molar-refractivity contribution in [1.82, 2.24) is 9.97 Å². The summed E-state index contributed by atoms with van der Waals surface area (Å²) in [5.74, 6) is 1.70. The smallest absolute Gasteiger partial charge is 0.351 e. The van der Waals surface area contributed by atoms with E-state index < -0.39 is 12.1 Å². The molecular formula is C34H46N2O5. The van der Waals surface area contributed by atoms with Crippen molar-refractivity contribution in [3.63, 3.8) is 0 Å². The van der Waals surface area contributed by atoms with Crippen LogP contribution in [0.1, 0.15) is 91.9 Å². The largest absolute Gasteiger partial charge is 0.475 e. The van der Waals surface area contributed by atoms with E-state index in [0.717, 1.165) is 84.2 Å². The van der Waals surface area contributed by atoms with Gasteiger partial charge < -0.3 is 18.9 Å². The zero-order valence-corrected chi connectivity index (χ0v) is 25.6. The summed E-state index contributed by atoms with van der Waals surface area (Å²) in [5, 5.41) is 0. The summed E-state index contributed by atoms with van der Waals surface area (Å²) >= 11 is 0. The van der Waals surface area contributed by atoms with Crippen LogP contribution in [0.2, 0.25) is 0 Å². The zero-order valence-electron chi connectivity index (χ0n) is 25.6. The Morgan fingerprint density at radius 2 is 1.56 bits per heavy atom. The summed E-state index contributed by atoms with van der Waals surface area (Å²) in [6.07, 6.45) is 6.35. The van der Waals surface area contributed by atoms with Gasteiger partial charge >= 0.3 is 5.97 Å². The maximum atomic E-state index is 12.9. The van der Waals surface area contributed by atoms with Gasteiger partial charge in [-0.05, 0) is 49.3 Å². The van der Waals surface area contributed by atoms with Crippen LogP contribution in [-0.4, -0.2) is 43.4 Å². The van der Waals surface area contributed by atoms with Crippen molar-refractivity contribution < 1.29 is 23.7 Å². The van der Waals surface area contributed by atoms with Gasteiger partial charge in [0.1, 0.15) is 18.2 Å². The van der Waals surface area contributed by atoms with E-state index in [1.807, 2.05) is 37.3 Å². The molecule has 0 radical (unpaired) electrons. The van der Waals surface area contributed by atoms with Gasteiger partial charge in [0.05, 0.1) is 19.4 Å². The Morgan fingerprint density at radius 1 is 0.878 bits per heavy atom. The lowest BCUT2D eigenvalue weighted by Crippen LogP contribution is -2.21. The summed E-state index contributed by atoms with van der Waals surface area (Å²) in [6, 6.07) is 14.0. The van der Waals surface area contributed by atoms with E-state index in [9.17, 15) is 4.79 Å². The predicted molar refractivity (Wildman–Crippen MR) is 162 cm³/mol. The van der Waals surface area contributed by atoms with Gasteiger partial charge in [-0.3, -0.25) is 0 Å². The lowest BCUT2D eigenvalue weighted by molar-refractivity contribution is -0.149. The summed E-state index contributed by atoms with van der Waals surface area (Å²) in [6.45, 7) is 9.33. The zero-order chi connectivity index (χ0) is 29.6. The van der Waals surface area contributed by atoms with Crippen molar-refractivity contribution in [3.05, 3.63) is 81.8 Å². The average Bonchev–Trinajstić information content (AvgIpc) is 2.97. The van der Waals surface area contributed by atoms with E-state index in [4.69, 9.17) is 23.9 Å². The Kier molecular flexibility index (Phi) is 13.1. The highest BCUT2D eigenvalue weighted by atomic mass is 16.6. The second-order valence-corrected chi connectivity index (χ2v) is 10.3. The number of methoxy groups -OCH3 is 2. The van der Waals surface area contributed by atoms with Gasteiger partial charge in [-0.25, -0.2) is 9.78 Å². The average molecular weight is 563 g/mol. The lowest BCUT2D eigenvalue weighted by Gasteiger charge is -2.23.